The molecule has 116 valence electrons. The second kappa shape index (κ2) is 6.02. The van der Waals surface area contributed by atoms with Crippen LogP contribution in [-0.4, -0.2) is 20.9 Å². The average Bonchev–Trinajstić information content (AvgIpc) is 2.96. The van der Waals surface area contributed by atoms with Crippen LogP contribution in [0.3, 0.4) is 0 Å². The van der Waals surface area contributed by atoms with Crippen LogP contribution in [-0.2, 0) is 0 Å². The van der Waals surface area contributed by atoms with Gasteiger partial charge in [0.25, 0.3) is 0 Å². The van der Waals surface area contributed by atoms with Gasteiger partial charge in [-0.15, -0.1) is 0 Å². The minimum absolute atomic E-state index is 0.0578. The van der Waals surface area contributed by atoms with Crippen molar-refractivity contribution in [2.75, 3.05) is 0 Å². The highest BCUT2D eigenvalue weighted by Crippen LogP contribution is 2.25. The second-order valence-electron chi connectivity index (χ2n) is 4.74. The molecule has 0 unspecified atom stereocenters. The Morgan fingerprint density at radius 2 is 1.78 bits per heavy atom. The van der Waals surface area contributed by atoms with Gasteiger partial charge in [-0.1, -0.05) is 35.3 Å². The first-order valence-corrected chi connectivity index (χ1v) is 7.26. The van der Waals surface area contributed by atoms with Crippen LogP contribution in [0.2, 0.25) is 10.0 Å². The molecule has 0 saturated heterocycles. The lowest BCUT2D eigenvalue weighted by Gasteiger charge is -2.05. The van der Waals surface area contributed by atoms with Crippen LogP contribution in [0.5, 0.6) is 0 Å². The van der Waals surface area contributed by atoms with E-state index in [4.69, 9.17) is 23.2 Å². The maximum atomic E-state index is 13.3. The minimum Gasteiger partial charge on any atom is -0.477 e. The molecule has 1 N–H and O–H groups in total. The molecule has 0 saturated carbocycles. The number of aromatic carboxylic acids is 1. The third-order valence-electron chi connectivity index (χ3n) is 3.22. The van der Waals surface area contributed by atoms with Crippen LogP contribution in [0.15, 0.2) is 48.5 Å². The Kier molecular flexibility index (Phi) is 4.07. The van der Waals surface area contributed by atoms with Gasteiger partial charge in [0.2, 0.25) is 0 Å². The first kappa shape index (κ1) is 15.5. The van der Waals surface area contributed by atoms with Gasteiger partial charge in [0.05, 0.1) is 16.4 Å². The monoisotopic (exact) mass is 350 g/mol. The van der Waals surface area contributed by atoms with Gasteiger partial charge in [-0.3, -0.25) is 0 Å². The molecule has 0 aliphatic carbocycles. The van der Waals surface area contributed by atoms with Crippen LogP contribution in [0, 0.1) is 5.82 Å². The van der Waals surface area contributed by atoms with Gasteiger partial charge < -0.3 is 5.11 Å². The van der Waals surface area contributed by atoms with E-state index in [-0.39, 0.29) is 10.7 Å². The van der Waals surface area contributed by atoms with Crippen molar-refractivity contribution in [3.05, 3.63) is 70.1 Å². The third-order valence-corrected chi connectivity index (χ3v) is 3.76. The predicted molar refractivity (Wildman–Crippen MR) is 85.9 cm³/mol. The number of carbonyl (C=O) groups is 1. The van der Waals surface area contributed by atoms with Crippen molar-refractivity contribution < 1.29 is 14.3 Å². The van der Waals surface area contributed by atoms with Crippen LogP contribution in [0.25, 0.3) is 16.9 Å². The Morgan fingerprint density at radius 1 is 1.09 bits per heavy atom. The maximum absolute atomic E-state index is 13.3. The Hall–Kier alpha value is -2.37. The molecule has 0 bridgehead atoms. The van der Waals surface area contributed by atoms with E-state index in [2.05, 4.69) is 5.10 Å². The zero-order valence-corrected chi connectivity index (χ0v) is 13.0. The summed E-state index contributed by atoms with van der Waals surface area (Å²) >= 11 is 11.6. The fourth-order valence-electron chi connectivity index (χ4n) is 2.11. The molecule has 23 heavy (non-hydrogen) atoms. The summed E-state index contributed by atoms with van der Waals surface area (Å²) in [6.07, 6.45) is 0. The molecule has 1 aromatic heterocycles. The average molecular weight is 351 g/mol. The number of hydrogen-bond acceptors (Lipinski definition) is 2. The van der Waals surface area contributed by atoms with Gasteiger partial charge in [0.15, 0.2) is 5.69 Å². The Balaban J connectivity index is 2.14. The van der Waals surface area contributed by atoms with E-state index < -0.39 is 11.8 Å². The molecule has 0 atom stereocenters. The zero-order chi connectivity index (χ0) is 16.6. The van der Waals surface area contributed by atoms with Crippen LogP contribution in [0.4, 0.5) is 4.39 Å². The summed E-state index contributed by atoms with van der Waals surface area (Å²) < 4.78 is 14.5. The Morgan fingerprint density at radius 3 is 2.39 bits per heavy atom. The van der Waals surface area contributed by atoms with E-state index in [0.29, 0.717) is 22.0 Å². The fraction of sp³-hybridized carbons (Fsp3) is 0. The number of nitrogens with zero attached hydrogens (tertiary/aromatic N) is 2. The van der Waals surface area contributed by atoms with Gasteiger partial charge in [-0.2, -0.15) is 5.10 Å². The summed E-state index contributed by atoms with van der Waals surface area (Å²) in [5, 5.41) is 14.1. The molecular formula is C16H9Cl2FN2O2. The highest BCUT2D eigenvalue weighted by molar-refractivity contribution is 6.31. The normalized spacial score (nSPS) is 10.7. The first-order valence-electron chi connectivity index (χ1n) is 6.50. The van der Waals surface area contributed by atoms with Crippen molar-refractivity contribution in [1.29, 1.82) is 0 Å². The molecule has 3 aromatic rings. The SMILES string of the molecule is O=C(O)c1cc(-c2ccc(Cl)cc2)nn1-c1ccc(F)c(Cl)c1. The molecule has 0 aliphatic rings. The summed E-state index contributed by atoms with van der Waals surface area (Å²) in [5.74, 6) is -1.74. The molecule has 7 heteroatoms. The highest BCUT2D eigenvalue weighted by atomic mass is 35.5. The second-order valence-corrected chi connectivity index (χ2v) is 5.58. The molecule has 4 nitrogen and oxygen atoms in total. The number of rotatable bonds is 3. The molecule has 0 fully saturated rings. The summed E-state index contributed by atoms with van der Waals surface area (Å²) in [7, 11) is 0. The number of aromatic nitrogens is 2. The van der Waals surface area contributed by atoms with Crippen molar-refractivity contribution in [3.8, 4) is 16.9 Å². The van der Waals surface area contributed by atoms with E-state index in [1.807, 2.05) is 0 Å². The lowest BCUT2D eigenvalue weighted by Crippen LogP contribution is -2.08. The predicted octanol–water partition coefficient (Wildman–Crippen LogP) is 4.68. The van der Waals surface area contributed by atoms with Crippen molar-refractivity contribution in [2.24, 2.45) is 0 Å². The van der Waals surface area contributed by atoms with Crippen LogP contribution >= 0.6 is 23.2 Å². The number of carboxylic acid groups (broad SMARTS) is 1. The molecule has 2 aromatic carbocycles. The number of halogens is 3. The van der Waals surface area contributed by atoms with Crippen molar-refractivity contribution in [1.82, 2.24) is 9.78 Å². The lowest BCUT2D eigenvalue weighted by molar-refractivity contribution is 0.0687. The molecule has 0 aliphatic heterocycles. The fourth-order valence-corrected chi connectivity index (χ4v) is 2.41. The maximum Gasteiger partial charge on any atom is 0.354 e. The number of hydrogen-bond donors (Lipinski definition) is 1. The summed E-state index contributed by atoms with van der Waals surface area (Å²) in [4.78, 5) is 11.5. The van der Waals surface area contributed by atoms with Crippen molar-refractivity contribution in [2.45, 2.75) is 0 Å². The largest absolute Gasteiger partial charge is 0.477 e. The van der Waals surface area contributed by atoms with Crippen LogP contribution in [0.1, 0.15) is 10.5 Å². The zero-order valence-electron chi connectivity index (χ0n) is 11.5. The summed E-state index contributed by atoms with van der Waals surface area (Å²) in [6, 6.07) is 12.2. The van der Waals surface area contributed by atoms with E-state index in [9.17, 15) is 14.3 Å². The Labute approximate surface area is 140 Å². The van der Waals surface area contributed by atoms with Gasteiger partial charge in [-0.05, 0) is 36.4 Å². The van der Waals surface area contributed by atoms with Gasteiger partial charge >= 0.3 is 5.97 Å². The molecule has 3 rings (SSSR count). The quantitative estimate of drug-likeness (QED) is 0.745. The topological polar surface area (TPSA) is 55.1 Å². The summed E-state index contributed by atoms with van der Waals surface area (Å²) in [6.45, 7) is 0. The molecule has 0 radical (unpaired) electrons. The molecule has 1 heterocycles. The molecule has 0 spiro atoms. The lowest BCUT2D eigenvalue weighted by atomic mass is 10.1. The van der Waals surface area contributed by atoms with Gasteiger partial charge in [0.1, 0.15) is 5.82 Å². The molecular weight excluding hydrogens is 342 g/mol. The number of benzene rings is 2. The number of carboxylic acids is 1. The van der Waals surface area contributed by atoms with Gasteiger partial charge in [-0.25, -0.2) is 13.9 Å². The smallest absolute Gasteiger partial charge is 0.354 e. The van der Waals surface area contributed by atoms with E-state index in [0.717, 1.165) is 6.07 Å². The first-order chi connectivity index (χ1) is 11.0. The highest BCUT2D eigenvalue weighted by Gasteiger charge is 2.17. The standard InChI is InChI=1S/C16H9Cl2FN2O2/c17-10-3-1-9(2-4-10)14-8-15(16(22)23)21(20-14)11-5-6-13(19)12(18)7-11/h1-8H,(H,22,23). The van der Waals surface area contributed by atoms with Gasteiger partial charge in [0, 0.05) is 10.6 Å². The van der Waals surface area contributed by atoms with E-state index in [1.54, 1.807) is 24.3 Å². The van der Waals surface area contributed by atoms with E-state index in [1.165, 1.54) is 22.9 Å². The third kappa shape index (κ3) is 3.06. The summed E-state index contributed by atoms with van der Waals surface area (Å²) in [5.41, 5.74) is 1.47. The van der Waals surface area contributed by atoms with Crippen molar-refractivity contribution in [3.63, 3.8) is 0 Å². The Bertz CT molecular complexity index is 892. The van der Waals surface area contributed by atoms with E-state index >= 15 is 0 Å². The van der Waals surface area contributed by atoms with Crippen LogP contribution < -0.4 is 0 Å². The minimum atomic E-state index is -1.15. The molecule has 0 amide bonds. The van der Waals surface area contributed by atoms with Crippen molar-refractivity contribution >= 4 is 29.2 Å².